The fraction of sp³-hybridized carbons (Fsp3) is 0.714. The van der Waals surface area contributed by atoms with Gasteiger partial charge in [-0.1, -0.05) is 11.6 Å². The van der Waals surface area contributed by atoms with Gasteiger partial charge in [-0.2, -0.15) is 0 Å². The Morgan fingerprint density at radius 3 is 2.62 bits per heavy atom. The van der Waals surface area contributed by atoms with Crippen LogP contribution in [0.25, 0.3) is 0 Å². The summed E-state index contributed by atoms with van der Waals surface area (Å²) in [6.45, 7) is 0. The Hall–Kier alpha value is -0.300. The third kappa shape index (κ3) is 0.451. The molecule has 0 aromatic heterocycles. The Labute approximate surface area is 49.0 Å². The van der Waals surface area contributed by atoms with Crippen LogP contribution in [0.2, 0.25) is 0 Å². The van der Waals surface area contributed by atoms with E-state index in [0.717, 1.165) is 12.8 Å². The predicted octanol–water partition coefficient (Wildman–Crippen LogP) is 1.09. The molecule has 2 unspecified atom stereocenters. The monoisotopic (exact) mass is 110 g/mol. The van der Waals surface area contributed by atoms with Crippen molar-refractivity contribution in [2.24, 2.45) is 5.92 Å². The van der Waals surface area contributed by atoms with Crippen LogP contribution in [-0.2, 0) is 0 Å². The molecule has 8 heavy (non-hydrogen) atoms. The van der Waals surface area contributed by atoms with Gasteiger partial charge < -0.3 is 5.11 Å². The quantitative estimate of drug-likeness (QED) is 0.463. The molecule has 2 atom stereocenters. The van der Waals surface area contributed by atoms with Gasteiger partial charge in [0.05, 0.1) is 6.10 Å². The third-order valence-electron chi connectivity index (χ3n) is 2.25. The first-order valence-electron chi connectivity index (χ1n) is 3.22. The Morgan fingerprint density at radius 2 is 2.38 bits per heavy atom. The van der Waals surface area contributed by atoms with Gasteiger partial charge in [-0.3, -0.25) is 0 Å². The molecule has 0 saturated heterocycles. The molecule has 0 heterocycles. The average Bonchev–Trinajstić information content (AvgIpc) is 2.23. The lowest BCUT2D eigenvalue weighted by Gasteiger charge is -2.10. The first-order valence-corrected chi connectivity index (χ1v) is 3.22. The lowest BCUT2D eigenvalue weighted by molar-refractivity contribution is 0.133. The van der Waals surface area contributed by atoms with Gasteiger partial charge >= 0.3 is 0 Å². The van der Waals surface area contributed by atoms with Crippen LogP contribution in [0.15, 0.2) is 11.6 Å². The van der Waals surface area contributed by atoms with Gasteiger partial charge in [0.15, 0.2) is 0 Å². The standard InChI is InChI=1S/C7H10O/c8-7-4-5-1-2-6(7)3-5/h1,6-8H,2-4H2. The van der Waals surface area contributed by atoms with Crippen molar-refractivity contribution in [1.29, 1.82) is 0 Å². The highest BCUT2D eigenvalue weighted by molar-refractivity contribution is 5.18. The minimum Gasteiger partial charge on any atom is -0.392 e. The molecule has 2 bridgehead atoms. The van der Waals surface area contributed by atoms with Crippen LogP contribution < -0.4 is 0 Å². The molecule has 2 rings (SSSR count). The molecule has 0 aromatic rings. The van der Waals surface area contributed by atoms with Crippen molar-refractivity contribution < 1.29 is 5.11 Å². The molecule has 1 fully saturated rings. The summed E-state index contributed by atoms with van der Waals surface area (Å²) >= 11 is 0. The van der Waals surface area contributed by atoms with Crippen molar-refractivity contribution in [2.75, 3.05) is 0 Å². The summed E-state index contributed by atoms with van der Waals surface area (Å²) in [5.41, 5.74) is 1.49. The third-order valence-corrected chi connectivity index (χ3v) is 2.25. The van der Waals surface area contributed by atoms with Gasteiger partial charge in [0.25, 0.3) is 0 Å². The molecular weight excluding hydrogens is 100 g/mol. The summed E-state index contributed by atoms with van der Waals surface area (Å²) in [4.78, 5) is 0. The summed E-state index contributed by atoms with van der Waals surface area (Å²) in [6, 6.07) is 0. The zero-order chi connectivity index (χ0) is 5.56. The number of aliphatic hydroxyl groups excluding tert-OH is 1. The summed E-state index contributed by atoms with van der Waals surface area (Å²) in [5, 5.41) is 9.18. The lowest BCUT2D eigenvalue weighted by Crippen LogP contribution is -2.12. The highest BCUT2D eigenvalue weighted by Gasteiger charge is 2.31. The van der Waals surface area contributed by atoms with Crippen molar-refractivity contribution in [3.8, 4) is 0 Å². The summed E-state index contributed by atoms with van der Waals surface area (Å²) in [7, 11) is 0. The van der Waals surface area contributed by atoms with Crippen LogP contribution in [0.5, 0.6) is 0 Å². The molecule has 44 valence electrons. The second kappa shape index (κ2) is 1.35. The van der Waals surface area contributed by atoms with E-state index in [0.29, 0.717) is 5.92 Å². The highest BCUT2D eigenvalue weighted by atomic mass is 16.3. The fourth-order valence-electron chi connectivity index (χ4n) is 1.72. The zero-order valence-corrected chi connectivity index (χ0v) is 4.80. The average molecular weight is 110 g/mol. The topological polar surface area (TPSA) is 20.2 Å². The van der Waals surface area contributed by atoms with E-state index < -0.39 is 0 Å². The van der Waals surface area contributed by atoms with Crippen LogP contribution in [-0.4, -0.2) is 11.2 Å². The van der Waals surface area contributed by atoms with E-state index in [1.807, 2.05) is 0 Å². The van der Waals surface area contributed by atoms with E-state index in [2.05, 4.69) is 6.08 Å². The van der Waals surface area contributed by atoms with Gasteiger partial charge in [-0.25, -0.2) is 0 Å². The van der Waals surface area contributed by atoms with Crippen molar-refractivity contribution in [3.63, 3.8) is 0 Å². The maximum Gasteiger partial charge on any atom is 0.0611 e. The second-order valence-corrected chi connectivity index (χ2v) is 2.83. The molecule has 2 aliphatic rings. The van der Waals surface area contributed by atoms with Gasteiger partial charge in [-0.05, 0) is 25.2 Å². The van der Waals surface area contributed by atoms with Crippen LogP contribution >= 0.6 is 0 Å². The van der Waals surface area contributed by atoms with Crippen LogP contribution in [0.4, 0.5) is 0 Å². The minimum absolute atomic E-state index is 0.00926. The summed E-state index contributed by atoms with van der Waals surface area (Å²) in [5.74, 6) is 0.602. The van der Waals surface area contributed by atoms with Gasteiger partial charge in [-0.15, -0.1) is 0 Å². The smallest absolute Gasteiger partial charge is 0.0611 e. The maximum atomic E-state index is 9.18. The molecule has 0 radical (unpaired) electrons. The Kier molecular flexibility index (Phi) is 0.770. The first kappa shape index (κ1) is 4.57. The predicted molar refractivity (Wildman–Crippen MR) is 31.4 cm³/mol. The van der Waals surface area contributed by atoms with E-state index in [4.69, 9.17) is 0 Å². The van der Waals surface area contributed by atoms with Gasteiger partial charge in [0, 0.05) is 0 Å². The van der Waals surface area contributed by atoms with Gasteiger partial charge in [0.2, 0.25) is 0 Å². The Morgan fingerprint density at radius 1 is 1.50 bits per heavy atom. The molecule has 0 spiro atoms. The highest BCUT2D eigenvalue weighted by Crippen LogP contribution is 2.39. The molecular formula is C7H10O. The van der Waals surface area contributed by atoms with E-state index in [9.17, 15) is 5.11 Å². The number of hydrogen-bond donors (Lipinski definition) is 1. The van der Waals surface area contributed by atoms with E-state index in [-0.39, 0.29) is 6.10 Å². The molecule has 1 saturated carbocycles. The van der Waals surface area contributed by atoms with E-state index in [1.165, 1.54) is 12.0 Å². The Balaban J connectivity index is 2.25. The number of rotatable bonds is 0. The summed E-state index contributed by atoms with van der Waals surface area (Å²) < 4.78 is 0. The molecule has 1 heteroatoms. The van der Waals surface area contributed by atoms with Crippen molar-refractivity contribution in [2.45, 2.75) is 25.4 Å². The second-order valence-electron chi connectivity index (χ2n) is 2.83. The van der Waals surface area contributed by atoms with E-state index >= 15 is 0 Å². The fourth-order valence-corrected chi connectivity index (χ4v) is 1.72. The van der Waals surface area contributed by atoms with Crippen LogP contribution in [0.1, 0.15) is 19.3 Å². The number of allylic oxidation sites excluding steroid dienone is 1. The molecule has 0 amide bonds. The molecule has 1 N–H and O–H groups in total. The van der Waals surface area contributed by atoms with Crippen LogP contribution in [0, 0.1) is 5.92 Å². The Bertz CT molecular complexity index is 137. The zero-order valence-electron chi connectivity index (χ0n) is 4.80. The van der Waals surface area contributed by atoms with Crippen molar-refractivity contribution in [3.05, 3.63) is 11.6 Å². The molecule has 0 aliphatic heterocycles. The van der Waals surface area contributed by atoms with Crippen LogP contribution in [0.3, 0.4) is 0 Å². The minimum atomic E-state index is 0.00926. The van der Waals surface area contributed by atoms with Crippen molar-refractivity contribution >= 4 is 0 Å². The lowest BCUT2D eigenvalue weighted by atomic mass is 10.0. The van der Waals surface area contributed by atoms with Gasteiger partial charge in [0.1, 0.15) is 0 Å². The van der Waals surface area contributed by atoms with Crippen molar-refractivity contribution in [1.82, 2.24) is 0 Å². The number of fused-ring (bicyclic) bond motifs is 2. The molecule has 0 aromatic carbocycles. The summed E-state index contributed by atoms with van der Waals surface area (Å²) in [6.07, 6.45) is 5.56. The number of aliphatic hydroxyl groups is 1. The number of hydrogen-bond acceptors (Lipinski definition) is 1. The first-order chi connectivity index (χ1) is 3.86. The molecule has 1 nitrogen and oxygen atoms in total. The largest absolute Gasteiger partial charge is 0.392 e. The molecule has 2 aliphatic carbocycles. The normalized spacial score (nSPS) is 42.9. The maximum absolute atomic E-state index is 9.18. The van der Waals surface area contributed by atoms with E-state index in [1.54, 1.807) is 0 Å². The SMILES string of the molecule is OC1CC2=CCC1C2.